The summed E-state index contributed by atoms with van der Waals surface area (Å²) in [6.07, 6.45) is 1.43. The highest BCUT2D eigenvalue weighted by molar-refractivity contribution is 5.94. The van der Waals surface area contributed by atoms with Gasteiger partial charge >= 0.3 is 0 Å². The van der Waals surface area contributed by atoms with Crippen molar-refractivity contribution in [1.29, 1.82) is 0 Å². The van der Waals surface area contributed by atoms with E-state index in [0.717, 1.165) is 0 Å². The average molecular weight is 240 g/mol. The lowest BCUT2D eigenvalue weighted by Gasteiger charge is -2.21. The molecule has 0 saturated carbocycles. The van der Waals surface area contributed by atoms with Crippen LogP contribution in [0.5, 0.6) is 5.75 Å². The number of pyridine rings is 1. The molecular weight excluding hydrogens is 224 g/mol. The first kappa shape index (κ1) is 13.4. The summed E-state index contributed by atoms with van der Waals surface area (Å²) in [6.45, 7) is 0.729. The van der Waals surface area contributed by atoms with Gasteiger partial charge < -0.3 is 19.8 Å². The second kappa shape index (κ2) is 6.82. The SMILES string of the molecule is COCCN(CCO)C(=O)c1ncccc1O. The Morgan fingerprint density at radius 1 is 1.53 bits per heavy atom. The van der Waals surface area contributed by atoms with E-state index in [-0.39, 0.29) is 24.6 Å². The molecule has 17 heavy (non-hydrogen) atoms. The summed E-state index contributed by atoms with van der Waals surface area (Å²) in [7, 11) is 1.53. The van der Waals surface area contributed by atoms with Crippen LogP contribution in [0.4, 0.5) is 0 Å². The molecule has 1 aromatic rings. The van der Waals surface area contributed by atoms with Crippen LogP contribution in [0.1, 0.15) is 10.5 Å². The molecule has 0 aliphatic rings. The third-order valence-corrected chi connectivity index (χ3v) is 2.21. The maximum Gasteiger partial charge on any atom is 0.276 e. The van der Waals surface area contributed by atoms with E-state index in [2.05, 4.69) is 4.98 Å². The minimum atomic E-state index is -0.422. The zero-order valence-electron chi connectivity index (χ0n) is 9.67. The first-order valence-corrected chi connectivity index (χ1v) is 5.23. The summed E-state index contributed by atoms with van der Waals surface area (Å²) in [4.78, 5) is 17.2. The molecule has 1 aromatic heterocycles. The Morgan fingerprint density at radius 3 is 2.88 bits per heavy atom. The van der Waals surface area contributed by atoms with Crippen LogP contribution in [0.3, 0.4) is 0 Å². The van der Waals surface area contributed by atoms with E-state index in [4.69, 9.17) is 9.84 Å². The summed E-state index contributed by atoms with van der Waals surface area (Å²) in [6, 6.07) is 2.94. The van der Waals surface area contributed by atoms with Gasteiger partial charge in [0.05, 0.1) is 13.2 Å². The Balaban J connectivity index is 2.80. The first-order valence-electron chi connectivity index (χ1n) is 5.23. The molecule has 0 spiro atoms. The van der Waals surface area contributed by atoms with Crippen molar-refractivity contribution in [3.05, 3.63) is 24.0 Å². The van der Waals surface area contributed by atoms with Crippen molar-refractivity contribution < 1.29 is 19.7 Å². The highest BCUT2D eigenvalue weighted by Crippen LogP contribution is 2.14. The van der Waals surface area contributed by atoms with E-state index in [1.165, 1.54) is 30.3 Å². The number of nitrogens with zero attached hydrogens (tertiary/aromatic N) is 2. The number of aromatic hydroxyl groups is 1. The summed E-state index contributed by atoms with van der Waals surface area (Å²) in [5.74, 6) is -0.591. The monoisotopic (exact) mass is 240 g/mol. The van der Waals surface area contributed by atoms with Crippen molar-refractivity contribution in [2.24, 2.45) is 0 Å². The van der Waals surface area contributed by atoms with E-state index in [0.29, 0.717) is 13.2 Å². The third kappa shape index (κ3) is 3.69. The number of methoxy groups -OCH3 is 1. The summed E-state index contributed by atoms with van der Waals surface area (Å²) >= 11 is 0. The second-order valence-electron chi connectivity index (χ2n) is 3.38. The molecule has 0 aliphatic heterocycles. The number of aromatic nitrogens is 1. The third-order valence-electron chi connectivity index (χ3n) is 2.21. The number of carbonyl (C=O) groups excluding carboxylic acids is 1. The lowest BCUT2D eigenvalue weighted by atomic mass is 10.3. The van der Waals surface area contributed by atoms with Crippen molar-refractivity contribution in [3.8, 4) is 5.75 Å². The predicted molar refractivity (Wildman–Crippen MR) is 60.8 cm³/mol. The molecule has 6 nitrogen and oxygen atoms in total. The Labute approximate surface area is 99.5 Å². The van der Waals surface area contributed by atoms with Crippen molar-refractivity contribution in [2.45, 2.75) is 0 Å². The molecule has 94 valence electrons. The molecule has 1 rings (SSSR count). The molecule has 0 aromatic carbocycles. The molecular formula is C11H16N2O4. The van der Waals surface area contributed by atoms with E-state index < -0.39 is 5.91 Å². The fraction of sp³-hybridized carbons (Fsp3) is 0.455. The van der Waals surface area contributed by atoms with Gasteiger partial charge in [-0.1, -0.05) is 0 Å². The highest BCUT2D eigenvalue weighted by atomic mass is 16.5. The zero-order valence-corrected chi connectivity index (χ0v) is 9.67. The summed E-state index contributed by atoms with van der Waals surface area (Å²) < 4.78 is 4.88. The van der Waals surface area contributed by atoms with E-state index in [9.17, 15) is 9.90 Å². The number of hydrogen-bond donors (Lipinski definition) is 2. The van der Waals surface area contributed by atoms with Crippen LogP contribution in [0.15, 0.2) is 18.3 Å². The van der Waals surface area contributed by atoms with Crippen LogP contribution in [-0.4, -0.2) is 59.4 Å². The number of rotatable bonds is 6. The molecule has 0 fully saturated rings. The maximum atomic E-state index is 12.0. The van der Waals surface area contributed by atoms with Gasteiger partial charge in [-0.05, 0) is 12.1 Å². The second-order valence-corrected chi connectivity index (χ2v) is 3.38. The average Bonchev–Trinajstić information content (AvgIpc) is 2.34. The van der Waals surface area contributed by atoms with Crippen LogP contribution >= 0.6 is 0 Å². The molecule has 0 saturated heterocycles. The minimum Gasteiger partial charge on any atom is -0.505 e. The maximum absolute atomic E-state index is 12.0. The molecule has 2 N–H and O–H groups in total. The van der Waals surface area contributed by atoms with Gasteiger partial charge in [0.15, 0.2) is 5.69 Å². The topological polar surface area (TPSA) is 82.9 Å². The van der Waals surface area contributed by atoms with Crippen molar-refractivity contribution in [2.75, 3.05) is 33.4 Å². The Morgan fingerprint density at radius 2 is 2.29 bits per heavy atom. The number of ether oxygens (including phenoxy) is 1. The van der Waals surface area contributed by atoms with Gasteiger partial charge in [-0.25, -0.2) is 4.98 Å². The molecule has 0 unspecified atom stereocenters. The largest absolute Gasteiger partial charge is 0.505 e. The van der Waals surface area contributed by atoms with Crippen LogP contribution in [0, 0.1) is 0 Å². The van der Waals surface area contributed by atoms with Crippen LogP contribution in [0.2, 0.25) is 0 Å². The molecule has 6 heteroatoms. The molecule has 0 bridgehead atoms. The van der Waals surface area contributed by atoms with Crippen LogP contribution in [0.25, 0.3) is 0 Å². The smallest absolute Gasteiger partial charge is 0.276 e. The van der Waals surface area contributed by atoms with Gasteiger partial charge in [-0.2, -0.15) is 0 Å². The number of aliphatic hydroxyl groups excluding tert-OH is 1. The highest BCUT2D eigenvalue weighted by Gasteiger charge is 2.19. The van der Waals surface area contributed by atoms with Gasteiger partial charge in [0.25, 0.3) is 5.91 Å². The molecule has 0 aliphatic carbocycles. The van der Waals surface area contributed by atoms with Gasteiger partial charge in [0.1, 0.15) is 5.75 Å². The fourth-order valence-corrected chi connectivity index (χ4v) is 1.35. The van der Waals surface area contributed by atoms with Gasteiger partial charge in [0, 0.05) is 26.4 Å². The predicted octanol–water partition coefficient (Wildman–Crippen LogP) is -0.132. The van der Waals surface area contributed by atoms with Gasteiger partial charge in [-0.15, -0.1) is 0 Å². The van der Waals surface area contributed by atoms with Gasteiger partial charge in [0.2, 0.25) is 0 Å². The molecule has 1 heterocycles. The lowest BCUT2D eigenvalue weighted by molar-refractivity contribution is 0.0647. The van der Waals surface area contributed by atoms with Crippen LogP contribution in [-0.2, 0) is 4.74 Å². The first-order chi connectivity index (χ1) is 8.20. The quantitative estimate of drug-likeness (QED) is 0.723. The number of amides is 1. The number of hydrogen-bond acceptors (Lipinski definition) is 5. The Hall–Kier alpha value is -1.66. The van der Waals surface area contributed by atoms with E-state index in [1.54, 1.807) is 0 Å². The number of aliphatic hydroxyl groups is 1. The summed E-state index contributed by atoms with van der Waals surface area (Å²) in [5, 5.41) is 18.4. The van der Waals surface area contributed by atoms with Crippen molar-refractivity contribution in [3.63, 3.8) is 0 Å². The van der Waals surface area contributed by atoms with Gasteiger partial charge in [-0.3, -0.25) is 4.79 Å². The normalized spacial score (nSPS) is 10.2. The van der Waals surface area contributed by atoms with E-state index in [1.807, 2.05) is 0 Å². The molecule has 0 atom stereocenters. The number of carbonyl (C=O) groups is 1. The van der Waals surface area contributed by atoms with E-state index >= 15 is 0 Å². The molecule has 0 radical (unpaired) electrons. The Kier molecular flexibility index (Phi) is 5.38. The van der Waals surface area contributed by atoms with Crippen molar-refractivity contribution in [1.82, 2.24) is 9.88 Å². The lowest BCUT2D eigenvalue weighted by Crippen LogP contribution is -2.36. The molecule has 1 amide bonds. The minimum absolute atomic E-state index is 0.0166. The van der Waals surface area contributed by atoms with Crippen molar-refractivity contribution >= 4 is 5.91 Å². The van der Waals surface area contributed by atoms with Crippen LogP contribution < -0.4 is 0 Å². The fourth-order valence-electron chi connectivity index (χ4n) is 1.35. The summed E-state index contributed by atoms with van der Waals surface area (Å²) in [5.41, 5.74) is -0.0166. The Bertz CT molecular complexity index is 370. The zero-order chi connectivity index (χ0) is 12.7. The standard InChI is InChI=1S/C11H16N2O4/c1-17-8-6-13(5-7-14)11(16)10-9(15)3-2-4-12-10/h2-4,14-15H,5-8H2,1H3.